The molecule has 2 fully saturated rings. The number of fused-ring (bicyclic) bond motifs is 1. The van der Waals surface area contributed by atoms with E-state index in [1.807, 2.05) is 0 Å². The number of methoxy groups -OCH3 is 1. The van der Waals surface area contributed by atoms with Crippen LogP contribution in [0.3, 0.4) is 0 Å². The van der Waals surface area contributed by atoms with Gasteiger partial charge in [0, 0.05) is 11.6 Å². The molecule has 1 aromatic carbocycles. The minimum atomic E-state index is -2.91. The summed E-state index contributed by atoms with van der Waals surface area (Å²) >= 11 is 0. The van der Waals surface area contributed by atoms with Crippen LogP contribution in [0.1, 0.15) is 44.4 Å². The van der Waals surface area contributed by atoms with Crippen molar-refractivity contribution in [3.8, 4) is 22.9 Å². The highest BCUT2D eigenvalue weighted by atomic mass is 19.3. The molecule has 0 N–H and O–H groups in total. The highest BCUT2D eigenvalue weighted by molar-refractivity contribution is 5.60. The fourth-order valence-electron chi connectivity index (χ4n) is 4.53. The number of alkyl halides is 2. The van der Waals surface area contributed by atoms with Crippen LogP contribution in [-0.4, -0.2) is 41.3 Å². The third kappa shape index (κ3) is 4.11. The Balaban J connectivity index is 1.48. The van der Waals surface area contributed by atoms with Crippen LogP contribution < -0.4 is 9.47 Å². The Bertz CT molecular complexity index is 797. The van der Waals surface area contributed by atoms with Gasteiger partial charge in [0.15, 0.2) is 11.5 Å². The molecule has 152 valence electrons. The van der Waals surface area contributed by atoms with Crippen LogP contribution >= 0.6 is 0 Å². The van der Waals surface area contributed by atoms with E-state index in [4.69, 9.17) is 9.26 Å². The second-order valence-corrected chi connectivity index (χ2v) is 7.48. The second kappa shape index (κ2) is 8.43. The standard InChI is InChI=1S/C20H25F2N3O3/c1-26-17-11-14(8-9-16(17)27-20(21)22)19-23-18(28-24-19)12-25-10-4-6-13-5-2-3-7-15(13)25/h8-9,11,13,15,20H,2-7,10,12H2,1H3. The van der Waals surface area contributed by atoms with Crippen LogP contribution in [0.2, 0.25) is 0 Å². The first kappa shape index (κ1) is 19.1. The maximum Gasteiger partial charge on any atom is 0.387 e. The van der Waals surface area contributed by atoms with Crippen LogP contribution in [-0.2, 0) is 6.54 Å². The Morgan fingerprint density at radius 3 is 2.82 bits per heavy atom. The number of halogens is 2. The smallest absolute Gasteiger partial charge is 0.387 e. The van der Waals surface area contributed by atoms with Gasteiger partial charge >= 0.3 is 6.61 Å². The summed E-state index contributed by atoms with van der Waals surface area (Å²) in [7, 11) is 1.40. The maximum atomic E-state index is 12.5. The van der Waals surface area contributed by atoms with Crippen LogP contribution in [0.4, 0.5) is 8.78 Å². The van der Waals surface area contributed by atoms with Crippen molar-refractivity contribution >= 4 is 0 Å². The van der Waals surface area contributed by atoms with E-state index in [1.165, 1.54) is 51.7 Å². The fourth-order valence-corrected chi connectivity index (χ4v) is 4.53. The molecule has 0 amide bonds. The summed E-state index contributed by atoms with van der Waals surface area (Å²) in [5, 5.41) is 4.06. The quantitative estimate of drug-likeness (QED) is 0.720. The Morgan fingerprint density at radius 1 is 1.18 bits per heavy atom. The Hall–Kier alpha value is -2.22. The Morgan fingerprint density at radius 2 is 2.00 bits per heavy atom. The van der Waals surface area contributed by atoms with E-state index in [-0.39, 0.29) is 11.5 Å². The second-order valence-electron chi connectivity index (χ2n) is 7.48. The molecule has 2 aliphatic rings. The third-order valence-corrected chi connectivity index (χ3v) is 5.80. The Labute approximate surface area is 162 Å². The normalized spacial score (nSPS) is 22.9. The van der Waals surface area contributed by atoms with Crippen molar-refractivity contribution < 1.29 is 22.8 Å². The van der Waals surface area contributed by atoms with E-state index in [0.29, 0.717) is 29.9 Å². The van der Waals surface area contributed by atoms with Crippen molar-refractivity contribution in [2.24, 2.45) is 5.92 Å². The molecular formula is C20H25F2N3O3. The molecule has 1 aliphatic heterocycles. The summed E-state index contributed by atoms with van der Waals surface area (Å²) in [5.41, 5.74) is 0.627. The number of nitrogens with zero attached hydrogens (tertiary/aromatic N) is 3. The monoisotopic (exact) mass is 393 g/mol. The highest BCUT2D eigenvalue weighted by Crippen LogP contribution is 2.36. The van der Waals surface area contributed by atoms with Crippen LogP contribution in [0, 0.1) is 5.92 Å². The number of rotatable bonds is 6. The van der Waals surface area contributed by atoms with Gasteiger partial charge in [-0.2, -0.15) is 13.8 Å². The topological polar surface area (TPSA) is 60.6 Å². The number of likely N-dealkylation sites (tertiary alicyclic amines) is 1. The lowest BCUT2D eigenvalue weighted by Crippen LogP contribution is -2.46. The largest absolute Gasteiger partial charge is 0.493 e. The van der Waals surface area contributed by atoms with Gasteiger partial charge in [-0.3, -0.25) is 4.90 Å². The van der Waals surface area contributed by atoms with E-state index in [2.05, 4.69) is 19.8 Å². The number of piperidine rings is 1. The van der Waals surface area contributed by atoms with Crippen molar-refractivity contribution in [1.29, 1.82) is 0 Å². The summed E-state index contributed by atoms with van der Waals surface area (Å²) < 4.78 is 40.0. The lowest BCUT2D eigenvalue weighted by Gasteiger charge is -2.43. The zero-order chi connectivity index (χ0) is 19.5. The van der Waals surface area contributed by atoms with Crippen LogP contribution in [0.5, 0.6) is 11.5 Å². The SMILES string of the molecule is COc1cc(-c2noc(CN3CCCC4CCCCC43)n2)ccc1OC(F)F. The van der Waals surface area contributed by atoms with Gasteiger partial charge < -0.3 is 14.0 Å². The molecule has 2 aromatic rings. The molecule has 0 spiro atoms. The zero-order valence-electron chi connectivity index (χ0n) is 15.9. The van der Waals surface area contributed by atoms with Gasteiger partial charge in [-0.05, 0) is 56.3 Å². The summed E-state index contributed by atoms with van der Waals surface area (Å²) in [6.07, 6.45) is 7.73. The van der Waals surface area contributed by atoms with Crippen molar-refractivity contribution in [3.63, 3.8) is 0 Å². The van der Waals surface area contributed by atoms with Crippen LogP contribution in [0.25, 0.3) is 11.4 Å². The third-order valence-electron chi connectivity index (χ3n) is 5.80. The first-order chi connectivity index (χ1) is 13.6. The first-order valence-corrected chi connectivity index (χ1v) is 9.84. The molecule has 6 nitrogen and oxygen atoms in total. The molecule has 0 radical (unpaired) electrons. The summed E-state index contributed by atoms with van der Waals surface area (Å²) in [5.74, 6) is 1.95. The van der Waals surface area contributed by atoms with Crippen LogP contribution in [0.15, 0.2) is 22.7 Å². The summed E-state index contributed by atoms with van der Waals surface area (Å²) in [6.45, 7) is -1.20. The highest BCUT2D eigenvalue weighted by Gasteiger charge is 2.33. The van der Waals surface area contributed by atoms with Gasteiger partial charge in [-0.15, -0.1) is 0 Å². The van der Waals surface area contributed by atoms with Gasteiger partial charge in [0.2, 0.25) is 11.7 Å². The van der Waals surface area contributed by atoms with Crippen molar-refractivity contribution in [3.05, 3.63) is 24.1 Å². The molecule has 2 atom stereocenters. The van der Waals surface area contributed by atoms with Gasteiger partial charge in [0.05, 0.1) is 13.7 Å². The average Bonchev–Trinajstić information content (AvgIpc) is 3.17. The lowest BCUT2D eigenvalue weighted by molar-refractivity contribution is -0.0512. The van der Waals surface area contributed by atoms with Crippen molar-refractivity contribution in [2.75, 3.05) is 13.7 Å². The number of aromatic nitrogens is 2. The van der Waals surface area contributed by atoms with E-state index in [1.54, 1.807) is 12.1 Å². The predicted molar refractivity (Wildman–Crippen MR) is 98.3 cm³/mol. The van der Waals surface area contributed by atoms with E-state index in [0.717, 1.165) is 12.5 Å². The van der Waals surface area contributed by atoms with E-state index in [9.17, 15) is 8.78 Å². The first-order valence-electron chi connectivity index (χ1n) is 9.84. The number of hydrogen-bond acceptors (Lipinski definition) is 6. The average molecular weight is 393 g/mol. The molecule has 2 unspecified atom stereocenters. The maximum absolute atomic E-state index is 12.5. The lowest BCUT2D eigenvalue weighted by atomic mass is 9.78. The van der Waals surface area contributed by atoms with Crippen molar-refractivity contribution in [2.45, 2.75) is 57.7 Å². The van der Waals surface area contributed by atoms with Gasteiger partial charge in [-0.1, -0.05) is 18.0 Å². The number of benzene rings is 1. The molecule has 0 bridgehead atoms. The Kier molecular flexibility index (Phi) is 5.75. The molecule has 1 saturated carbocycles. The molecule has 1 saturated heterocycles. The van der Waals surface area contributed by atoms with Gasteiger partial charge in [0.1, 0.15) is 0 Å². The molecule has 28 heavy (non-hydrogen) atoms. The predicted octanol–water partition coefficient (Wildman–Crippen LogP) is 4.50. The minimum absolute atomic E-state index is 0.0263. The van der Waals surface area contributed by atoms with Crippen molar-refractivity contribution in [1.82, 2.24) is 15.0 Å². The molecule has 8 heteroatoms. The minimum Gasteiger partial charge on any atom is -0.493 e. The molecule has 1 aromatic heterocycles. The van der Waals surface area contributed by atoms with Gasteiger partial charge in [-0.25, -0.2) is 0 Å². The molecule has 1 aliphatic carbocycles. The van der Waals surface area contributed by atoms with Gasteiger partial charge in [0.25, 0.3) is 0 Å². The molecular weight excluding hydrogens is 368 g/mol. The summed E-state index contributed by atoms with van der Waals surface area (Å²) in [4.78, 5) is 6.99. The zero-order valence-corrected chi connectivity index (χ0v) is 15.9. The molecule has 2 heterocycles. The number of ether oxygens (including phenoxy) is 2. The number of hydrogen-bond donors (Lipinski definition) is 0. The summed E-state index contributed by atoms with van der Waals surface area (Å²) in [6, 6.07) is 5.23. The van der Waals surface area contributed by atoms with E-state index < -0.39 is 6.61 Å². The van der Waals surface area contributed by atoms with E-state index >= 15 is 0 Å². The fraction of sp³-hybridized carbons (Fsp3) is 0.600. The molecule has 4 rings (SSSR count).